The predicted octanol–water partition coefficient (Wildman–Crippen LogP) is 5.46. The van der Waals surface area contributed by atoms with Crippen LogP contribution in [0.25, 0.3) is 11.1 Å². The van der Waals surface area contributed by atoms with Gasteiger partial charge in [-0.1, -0.05) is 60.1 Å². The summed E-state index contributed by atoms with van der Waals surface area (Å²) in [4.78, 5) is 23.4. The van der Waals surface area contributed by atoms with Gasteiger partial charge in [0.15, 0.2) is 0 Å². The van der Waals surface area contributed by atoms with Crippen molar-refractivity contribution in [3.63, 3.8) is 0 Å². The number of carboxylic acid groups (broad SMARTS) is 1. The number of carboxylic acids is 1. The average Bonchev–Trinajstić information content (AvgIpc) is 3.18. The van der Waals surface area contributed by atoms with Gasteiger partial charge in [-0.05, 0) is 28.3 Å². The van der Waals surface area contributed by atoms with Gasteiger partial charge in [0.1, 0.15) is 11.5 Å². The molecule has 1 heterocycles. The summed E-state index contributed by atoms with van der Waals surface area (Å²) in [7, 11) is 0. The van der Waals surface area contributed by atoms with E-state index in [2.05, 4.69) is 17.4 Å². The van der Waals surface area contributed by atoms with Crippen molar-refractivity contribution in [3.05, 3.63) is 74.9 Å². The van der Waals surface area contributed by atoms with Crippen LogP contribution in [0.4, 0.5) is 10.5 Å². The summed E-state index contributed by atoms with van der Waals surface area (Å²) in [5.41, 5.74) is 4.63. The van der Waals surface area contributed by atoms with Gasteiger partial charge in [-0.3, -0.25) is 5.32 Å². The van der Waals surface area contributed by atoms with Gasteiger partial charge in [0.05, 0.1) is 10.0 Å². The predicted molar refractivity (Wildman–Crippen MR) is 105 cm³/mol. The third kappa shape index (κ3) is 3.29. The molecule has 0 saturated carbocycles. The topological polar surface area (TPSA) is 75.6 Å². The van der Waals surface area contributed by atoms with Crippen molar-refractivity contribution in [2.24, 2.45) is 0 Å². The second-order valence-electron chi connectivity index (χ2n) is 6.05. The minimum Gasteiger partial charge on any atom is -0.477 e. The van der Waals surface area contributed by atoms with Gasteiger partial charge in [-0.25, -0.2) is 9.59 Å². The number of amides is 1. The summed E-state index contributed by atoms with van der Waals surface area (Å²) >= 11 is 6.73. The van der Waals surface area contributed by atoms with Crippen LogP contribution >= 0.6 is 22.9 Å². The normalized spacial score (nSPS) is 12.3. The SMILES string of the molecule is O=C(Nc1cc(Cl)sc1C(=O)O)OCC1c2ccccc2-c2ccccc21. The molecule has 5 nitrogen and oxygen atoms in total. The molecule has 1 aromatic heterocycles. The van der Waals surface area contributed by atoms with Gasteiger partial charge in [-0.2, -0.15) is 0 Å². The van der Waals surface area contributed by atoms with E-state index in [4.69, 9.17) is 16.3 Å². The second-order valence-corrected chi connectivity index (χ2v) is 7.73. The van der Waals surface area contributed by atoms with E-state index in [1.165, 1.54) is 6.07 Å². The highest BCUT2D eigenvalue weighted by atomic mass is 35.5. The molecule has 0 unspecified atom stereocenters. The fourth-order valence-electron chi connectivity index (χ4n) is 3.36. The van der Waals surface area contributed by atoms with Crippen LogP contribution in [0, 0.1) is 0 Å². The Morgan fingerprint density at radius 1 is 1.07 bits per heavy atom. The van der Waals surface area contributed by atoms with E-state index in [-0.39, 0.29) is 27.4 Å². The molecule has 2 N–H and O–H groups in total. The number of hydrogen-bond acceptors (Lipinski definition) is 4. The summed E-state index contributed by atoms with van der Waals surface area (Å²) in [6.45, 7) is 0.153. The summed E-state index contributed by atoms with van der Waals surface area (Å²) in [5.74, 6) is -1.21. The number of rotatable bonds is 4. The molecule has 0 radical (unpaired) electrons. The Bertz CT molecular complexity index is 1000. The lowest BCUT2D eigenvalue weighted by Gasteiger charge is -2.14. The number of carbonyl (C=O) groups excluding carboxylic acids is 1. The molecule has 4 rings (SSSR count). The van der Waals surface area contributed by atoms with Crippen molar-refractivity contribution in [1.29, 1.82) is 0 Å². The first-order valence-corrected chi connectivity index (χ1v) is 9.38. The van der Waals surface area contributed by atoms with Crippen LogP contribution in [0.5, 0.6) is 0 Å². The number of ether oxygens (including phenoxy) is 1. The highest BCUT2D eigenvalue weighted by molar-refractivity contribution is 7.18. The zero-order chi connectivity index (χ0) is 19.0. The fraction of sp³-hybridized carbons (Fsp3) is 0.100. The number of anilines is 1. The summed E-state index contributed by atoms with van der Waals surface area (Å²) < 4.78 is 5.69. The van der Waals surface area contributed by atoms with Crippen molar-refractivity contribution in [2.45, 2.75) is 5.92 Å². The van der Waals surface area contributed by atoms with E-state index in [1.54, 1.807) is 0 Å². The van der Waals surface area contributed by atoms with Crippen LogP contribution in [-0.4, -0.2) is 23.8 Å². The highest BCUT2D eigenvalue weighted by Crippen LogP contribution is 2.44. The van der Waals surface area contributed by atoms with Gasteiger partial charge in [0.2, 0.25) is 0 Å². The Hall–Kier alpha value is -2.83. The third-order valence-corrected chi connectivity index (χ3v) is 5.73. The maximum atomic E-state index is 12.2. The molecule has 0 atom stereocenters. The standard InChI is InChI=1S/C20H14ClNO4S/c21-17-9-16(18(27-17)19(23)24)22-20(25)26-10-15-13-7-3-1-5-11(13)12-6-2-4-8-14(12)15/h1-9,15H,10H2,(H,22,25)(H,23,24). The molecular formula is C20H14ClNO4S. The summed E-state index contributed by atoms with van der Waals surface area (Å²) in [5, 5.41) is 11.6. The molecule has 0 aliphatic heterocycles. The Balaban J connectivity index is 1.51. The van der Waals surface area contributed by atoms with E-state index < -0.39 is 12.1 Å². The van der Waals surface area contributed by atoms with Crippen LogP contribution in [0.3, 0.4) is 0 Å². The molecular weight excluding hydrogens is 386 g/mol. The molecule has 0 bridgehead atoms. The second kappa shape index (κ2) is 7.06. The fourth-order valence-corrected chi connectivity index (χ4v) is 4.38. The molecule has 0 fully saturated rings. The number of benzene rings is 2. The average molecular weight is 400 g/mol. The Labute approximate surface area is 164 Å². The lowest BCUT2D eigenvalue weighted by molar-refractivity contribution is 0.0703. The van der Waals surface area contributed by atoms with Crippen LogP contribution in [0.1, 0.15) is 26.7 Å². The molecule has 27 heavy (non-hydrogen) atoms. The van der Waals surface area contributed by atoms with E-state index >= 15 is 0 Å². The molecule has 1 amide bonds. The molecule has 0 spiro atoms. The smallest absolute Gasteiger partial charge is 0.411 e. The van der Waals surface area contributed by atoms with Gasteiger partial charge >= 0.3 is 12.1 Å². The molecule has 3 aromatic rings. The van der Waals surface area contributed by atoms with E-state index in [1.807, 2.05) is 36.4 Å². The number of hydrogen-bond donors (Lipinski definition) is 2. The largest absolute Gasteiger partial charge is 0.477 e. The van der Waals surface area contributed by atoms with Crippen molar-refractivity contribution >= 4 is 40.7 Å². The van der Waals surface area contributed by atoms with Crippen molar-refractivity contribution < 1.29 is 19.4 Å². The Morgan fingerprint density at radius 3 is 2.26 bits per heavy atom. The summed E-state index contributed by atoms with van der Waals surface area (Å²) in [6, 6.07) is 17.5. The number of aromatic carboxylic acids is 1. The number of fused-ring (bicyclic) bond motifs is 3. The minimum atomic E-state index is -1.15. The molecule has 0 saturated heterocycles. The first-order chi connectivity index (χ1) is 13.0. The summed E-state index contributed by atoms with van der Waals surface area (Å²) in [6.07, 6.45) is -0.714. The van der Waals surface area contributed by atoms with Gasteiger partial charge in [0, 0.05) is 5.92 Å². The Morgan fingerprint density at radius 2 is 1.67 bits per heavy atom. The minimum absolute atomic E-state index is 0.0338. The van der Waals surface area contributed by atoms with Crippen LogP contribution in [0.2, 0.25) is 4.34 Å². The lowest BCUT2D eigenvalue weighted by atomic mass is 9.98. The van der Waals surface area contributed by atoms with Gasteiger partial charge in [-0.15, -0.1) is 11.3 Å². The maximum Gasteiger partial charge on any atom is 0.411 e. The van der Waals surface area contributed by atoms with Crippen molar-refractivity contribution in [3.8, 4) is 11.1 Å². The maximum absolute atomic E-state index is 12.2. The molecule has 1 aliphatic rings. The van der Waals surface area contributed by atoms with E-state index in [0.29, 0.717) is 0 Å². The quantitative estimate of drug-likeness (QED) is 0.610. The number of carbonyl (C=O) groups is 2. The molecule has 2 aromatic carbocycles. The van der Waals surface area contributed by atoms with Gasteiger partial charge < -0.3 is 9.84 Å². The molecule has 136 valence electrons. The van der Waals surface area contributed by atoms with Crippen LogP contribution < -0.4 is 5.32 Å². The van der Waals surface area contributed by atoms with Crippen LogP contribution in [0.15, 0.2) is 54.6 Å². The first kappa shape index (κ1) is 17.6. The van der Waals surface area contributed by atoms with E-state index in [9.17, 15) is 14.7 Å². The van der Waals surface area contributed by atoms with Crippen molar-refractivity contribution in [1.82, 2.24) is 0 Å². The monoisotopic (exact) mass is 399 g/mol. The number of halogens is 1. The third-order valence-electron chi connectivity index (χ3n) is 4.48. The first-order valence-electron chi connectivity index (χ1n) is 8.19. The van der Waals surface area contributed by atoms with Crippen LogP contribution in [-0.2, 0) is 4.74 Å². The number of thiophene rings is 1. The zero-order valence-corrected chi connectivity index (χ0v) is 15.5. The highest BCUT2D eigenvalue weighted by Gasteiger charge is 2.29. The van der Waals surface area contributed by atoms with E-state index in [0.717, 1.165) is 33.6 Å². The molecule has 7 heteroatoms. The zero-order valence-electron chi connectivity index (χ0n) is 13.9. The number of nitrogens with one attached hydrogen (secondary N) is 1. The Kier molecular flexibility index (Phi) is 4.59. The van der Waals surface area contributed by atoms with Crippen molar-refractivity contribution in [2.75, 3.05) is 11.9 Å². The van der Waals surface area contributed by atoms with Gasteiger partial charge in [0.25, 0.3) is 0 Å². The molecule has 1 aliphatic carbocycles. The lowest BCUT2D eigenvalue weighted by Crippen LogP contribution is -2.18.